The second kappa shape index (κ2) is 17.3. The number of carbonyl (C=O) groups excluding carboxylic acids is 3. The van der Waals surface area contributed by atoms with Crippen LogP contribution in [0.5, 0.6) is 17.2 Å². The van der Waals surface area contributed by atoms with Crippen molar-refractivity contribution in [1.82, 2.24) is 0 Å². The zero-order chi connectivity index (χ0) is 30.2. The molecular weight excluding hydrogens is 534 g/mol. The summed E-state index contributed by atoms with van der Waals surface area (Å²) in [5, 5.41) is 0. The molecule has 0 radical (unpaired) electrons. The molecule has 42 heavy (non-hydrogen) atoms. The van der Waals surface area contributed by atoms with Gasteiger partial charge in [0.2, 0.25) is 0 Å². The van der Waals surface area contributed by atoms with Crippen LogP contribution in [-0.2, 0) is 14.3 Å². The molecule has 0 saturated carbocycles. The number of unbranched alkanes of at least 4 members (excludes halogenated alkanes) is 4. The molecule has 3 aromatic rings. The van der Waals surface area contributed by atoms with Crippen molar-refractivity contribution in [3.8, 4) is 17.2 Å². The van der Waals surface area contributed by atoms with Gasteiger partial charge in [0.25, 0.3) is 0 Å². The second-order valence-electron chi connectivity index (χ2n) is 9.90. The number of anilines is 1. The van der Waals surface area contributed by atoms with Gasteiger partial charge in [0.1, 0.15) is 17.2 Å². The maximum absolute atomic E-state index is 12.2. The number of esters is 3. The zero-order valence-electron chi connectivity index (χ0n) is 24.3. The Morgan fingerprint density at radius 3 is 2.14 bits per heavy atom. The molecule has 0 amide bonds. The minimum Gasteiger partial charge on any atom is -0.494 e. The molecule has 0 aliphatic carbocycles. The summed E-state index contributed by atoms with van der Waals surface area (Å²) in [7, 11) is 0. The van der Waals surface area contributed by atoms with Crippen LogP contribution in [0, 0.1) is 6.92 Å². The summed E-state index contributed by atoms with van der Waals surface area (Å²) >= 11 is 0. The van der Waals surface area contributed by atoms with Gasteiger partial charge in [-0.2, -0.15) is 0 Å². The van der Waals surface area contributed by atoms with Crippen LogP contribution in [0.2, 0.25) is 0 Å². The number of nitrogen functional groups attached to an aromatic ring is 1. The van der Waals surface area contributed by atoms with Gasteiger partial charge in [-0.15, -0.1) is 0 Å². The van der Waals surface area contributed by atoms with Crippen molar-refractivity contribution in [2.75, 3.05) is 18.9 Å². The molecule has 0 saturated heterocycles. The van der Waals surface area contributed by atoms with E-state index in [4.69, 9.17) is 24.7 Å². The van der Waals surface area contributed by atoms with Crippen LogP contribution in [0.4, 0.5) is 5.69 Å². The SMILES string of the molecule is CCCCCOc1ccc(OC(=O)/C=C/c2ccc(OC(=O)CCCCCOC(=O)c3cc(C)cc(N)c3)cc2)cc1. The first-order chi connectivity index (χ1) is 20.3. The predicted octanol–water partition coefficient (Wildman–Crippen LogP) is 7.09. The van der Waals surface area contributed by atoms with Crippen LogP contribution in [0.3, 0.4) is 0 Å². The number of nitrogens with two attached hydrogens (primary N) is 1. The third-order valence-electron chi connectivity index (χ3n) is 6.18. The van der Waals surface area contributed by atoms with Crippen molar-refractivity contribution in [2.24, 2.45) is 0 Å². The van der Waals surface area contributed by atoms with E-state index in [0.717, 1.165) is 42.6 Å². The molecule has 8 nitrogen and oxygen atoms in total. The summed E-state index contributed by atoms with van der Waals surface area (Å²) in [5.74, 6) is 0.340. The number of aryl methyl sites for hydroxylation is 1. The Kier molecular flexibility index (Phi) is 13.1. The zero-order valence-corrected chi connectivity index (χ0v) is 24.3. The van der Waals surface area contributed by atoms with E-state index in [2.05, 4.69) is 6.92 Å². The van der Waals surface area contributed by atoms with Crippen LogP contribution in [0.25, 0.3) is 6.08 Å². The van der Waals surface area contributed by atoms with Crippen molar-refractivity contribution < 1.29 is 33.3 Å². The fourth-order valence-corrected chi connectivity index (χ4v) is 4.02. The Morgan fingerprint density at radius 2 is 1.43 bits per heavy atom. The topological polar surface area (TPSA) is 114 Å². The molecule has 0 heterocycles. The van der Waals surface area contributed by atoms with E-state index in [-0.39, 0.29) is 19.0 Å². The van der Waals surface area contributed by atoms with E-state index in [9.17, 15) is 14.4 Å². The Bertz CT molecular complexity index is 1310. The summed E-state index contributed by atoms with van der Waals surface area (Å²) in [6.07, 6.45) is 8.47. The molecule has 8 heteroatoms. The Morgan fingerprint density at radius 1 is 0.762 bits per heavy atom. The first-order valence-corrected chi connectivity index (χ1v) is 14.3. The monoisotopic (exact) mass is 573 g/mol. The smallest absolute Gasteiger partial charge is 0.338 e. The van der Waals surface area contributed by atoms with Gasteiger partial charge in [0.15, 0.2) is 0 Å². The summed E-state index contributed by atoms with van der Waals surface area (Å²) in [4.78, 5) is 36.5. The lowest BCUT2D eigenvalue weighted by molar-refractivity contribution is -0.134. The van der Waals surface area contributed by atoms with Crippen LogP contribution in [-0.4, -0.2) is 31.1 Å². The first-order valence-electron chi connectivity index (χ1n) is 14.3. The highest BCUT2D eigenvalue weighted by atomic mass is 16.5. The summed E-state index contributed by atoms with van der Waals surface area (Å²) in [6.45, 7) is 4.95. The highest BCUT2D eigenvalue weighted by Crippen LogP contribution is 2.19. The van der Waals surface area contributed by atoms with Crippen molar-refractivity contribution in [3.05, 3.63) is 89.5 Å². The lowest BCUT2D eigenvalue weighted by Crippen LogP contribution is -2.09. The van der Waals surface area contributed by atoms with E-state index in [0.29, 0.717) is 42.2 Å². The third-order valence-corrected chi connectivity index (χ3v) is 6.18. The molecule has 0 aliphatic rings. The number of hydrogen-bond acceptors (Lipinski definition) is 8. The van der Waals surface area contributed by atoms with Gasteiger partial charge in [-0.1, -0.05) is 31.9 Å². The normalized spacial score (nSPS) is 10.8. The molecule has 2 N–H and O–H groups in total. The highest BCUT2D eigenvalue weighted by molar-refractivity contribution is 5.90. The summed E-state index contributed by atoms with van der Waals surface area (Å²) in [6, 6.07) is 18.9. The van der Waals surface area contributed by atoms with Crippen LogP contribution in [0.1, 0.15) is 73.4 Å². The number of ether oxygens (including phenoxy) is 4. The van der Waals surface area contributed by atoms with Crippen molar-refractivity contribution in [1.29, 1.82) is 0 Å². The van der Waals surface area contributed by atoms with E-state index < -0.39 is 11.9 Å². The maximum Gasteiger partial charge on any atom is 0.338 e. The van der Waals surface area contributed by atoms with Crippen LogP contribution in [0.15, 0.2) is 72.8 Å². The molecule has 3 aromatic carbocycles. The first kappa shape index (κ1) is 31.9. The quantitative estimate of drug-likeness (QED) is 0.0635. The second-order valence-corrected chi connectivity index (χ2v) is 9.90. The fraction of sp³-hybridized carbons (Fsp3) is 0.324. The van der Waals surface area contributed by atoms with Gasteiger partial charge < -0.3 is 24.7 Å². The lowest BCUT2D eigenvalue weighted by atomic mass is 10.1. The standard InChI is InChI=1S/C34H39NO7/c1-3-4-7-20-39-29-15-17-31(18-16-29)42-33(37)19-12-26-10-13-30(14-11-26)41-32(36)9-6-5-8-21-40-34(38)27-22-25(2)23-28(35)24-27/h10-19,22-24H,3-9,20-21,35H2,1-2H3/b19-12+. The van der Waals surface area contributed by atoms with Crippen LogP contribution < -0.4 is 19.9 Å². The molecule has 3 rings (SSSR count). The molecule has 222 valence electrons. The van der Waals surface area contributed by atoms with E-state index in [1.54, 1.807) is 72.8 Å². The molecule has 0 spiro atoms. The van der Waals surface area contributed by atoms with Crippen LogP contribution >= 0.6 is 0 Å². The van der Waals surface area contributed by atoms with Crippen molar-refractivity contribution >= 4 is 29.7 Å². The lowest BCUT2D eigenvalue weighted by Gasteiger charge is -2.07. The average molecular weight is 574 g/mol. The Labute approximate surface area is 247 Å². The molecule has 0 aliphatic heterocycles. The largest absolute Gasteiger partial charge is 0.494 e. The number of rotatable bonds is 16. The van der Waals surface area contributed by atoms with E-state index in [1.165, 1.54) is 6.08 Å². The molecule has 0 fully saturated rings. The van der Waals surface area contributed by atoms with E-state index in [1.807, 2.05) is 6.92 Å². The predicted molar refractivity (Wildman–Crippen MR) is 163 cm³/mol. The minimum absolute atomic E-state index is 0.252. The number of hydrogen-bond donors (Lipinski definition) is 1. The van der Waals surface area contributed by atoms with Gasteiger partial charge in [-0.3, -0.25) is 4.79 Å². The highest BCUT2D eigenvalue weighted by Gasteiger charge is 2.09. The maximum atomic E-state index is 12.2. The molecule has 0 aromatic heterocycles. The Hall–Kier alpha value is -4.59. The van der Waals surface area contributed by atoms with Crippen molar-refractivity contribution in [3.63, 3.8) is 0 Å². The van der Waals surface area contributed by atoms with Gasteiger partial charge >= 0.3 is 17.9 Å². The summed E-state index contributed by atoms with van der Waals surface area (Å²) in [5.41, 5.74) is 8.38. The van der Waals surface area contributed by atoms with Gasteiger partial charge in [-0.25, -0.2) is 9.59 Å². The average Bonchev–Trinajstić information content (AvgIpc) is 2.97. The van der Waals surface area contributed by atoms with Crippen molar-refractivity contribution in [2.45, 2.75) is 58.8 Å². The molecular formula is C34H39NO7. The molecule has 0 bridgehead atoms. The molecule has 0 atom stereocenters. The third kappa shape index (κ3) is 11.9. The fourth-order valence-electron chi connectivity index (χ4n) is 4.02. The van der Waals surface area contributed by atoms with Gasteiger partial charge in [0, 0.05) is 18.2 Å². The Balaban J connectivity index is 1.30. The van der Waals surface area contributed by atoms with Gasteiger partial charge in [0.05, 0.1) is 18.8 Å². The summed E-state index contributed by atoms with van der Waals surface area (Å²) < 4.78 is 21.7. The number of benzene rings is 3. The molecule has 0 unspecified atom stereocenters. The van der Waals surface area contributed by atoms with Gasteiger partial charge in [-0.05, 0) is 104 Å². The minimum atomic E-state index is -0.503. The van der Waals surface area contributed by atoms with E-state index >= 15 is 0 Å². The number of carbonyl (C=O) groups is 3.